The molecule has 2 rings (SSSR count). The number of hydrogen-bond acceptors (Lipinski definition) is 3. The molecule has 0 N–H and O–H groups in total. The van der Waals surface area contributed by atoms with E-state index < -0.39 is 0 Å². The normalized spacial score (nSPS) is 10.2. The van der Waals surface area contributed by atoms with Gasteiger partial charge in [0.25, 0.3) is 0 Å². The highest BCUT2D eigenvalue weighted by molar-refractivity contribution is 7.12. The van der Waals surface area contributed by atoms with Gasteiger partial charge in [0.05, 0.1) is 4.88 Å². The molecule has 0 atom stereocenters. The highest BCUT2D eigenvalue weighted by atomic mass is 32.1. The molecule has 88 valence electrons. The van der Waals surface area contributed by atoms with Gasteiger partial charge in [0.2, 0.25) is 0 Å². The predicted molar refractivity (Wildman–Crippen MR) is 68.2 cm³/mol. The van der Waals surface area contributed by atoms with Gasteiger partial charge in [-0.2, -0.15) is 0 Å². The molecule has 0 aliphatic carbocycles. The third kappa shape index (κ3) is 2.91. The summed E-state index contributed by atoms with van der Waals surface area (Å²) in [4.78, 5) is 13.3. The second-order valence-corrected chi connectivity index (χ2v) is 4.75. The molecular formula is C13H12FNOS. The van der Waals surface area contributed by atoms with Crippen LogP contribution in [0.2, 0.25) is 0 Å². The Balaban J connectivity index is 2.08. The van der Waals surface area contributed by atoms with E-state index in [9.17, 15) is 9.18 Å². The molecule has 2 nitrogen and oxygen atoms in total. The van der Waals surface area contributed by atoms with Crippen LogP contribution in [0.1, 0.15) is 15.2 Å². The van der Waals surface area contributed by atoms with E-state index in [4.69, 9.17) is 0 Å². The number of halogens is 1. The Morgan fingerprint density at radius 3 is 2.65 bits per heavy atom. The molecule has 0 aliphatic heterocycles. The van der Waals surface area contributed by atoms with Gasteiger partial charge < -0.3 is 4.90 Å². The van der Waals surface area contributed by atoms with Crippen LogP contribution >= 0.6 is 11.3 Å². The molecule has 17 heavy (non-hydrogen) atoms. The highest BCUT2D eigenvalue weighted by Crippen LogP contribution is 2.22. The molecule has 0 fully saturated rings. The van der Waals surface area contributed by atoms with E-state index in [-0.39, 0.29) is 5.82 Å². The first kappa shape index (κ1) is 11.8. The Hall–Kier alpha value is -1.68. The Labute approximate surface area is 103 Å². The first-order chi connectivity index (χ1) is 8.19. The van der Waals surface area contributed by atoms with Gasteiger partial charge in [-0.3, -0.25) is 4.79 Å². The fourth-order valence-electron chi connectivity index (χ4n) is 1.56. The number of benzene rings is 1. The molecular weight excluding hydrogens is 237 g/mol. The number of nitrogens with zero attached hydrogens (tertiary/aromatic N) is 1. The van der Waals surface area contributed by atoms with Crippen LogP contribution < -0.4 is 4.90 Å². The summed E-state index contributed by atoms with van der Waals surface area (Å²) in [5.74, 6) is -0.227. The van der Waals surface area contributed by atoms with Crippen LogP contribution in [0.5, 0.6) is 0 Å². The Morgan fingerprint density at radius 1 is 1.35 bits per heavy atom. The van der Waals surface area contributed by atoms with E-state index in [1.165, 1.54) is 23.5 Å². The van der Waals surface area contributed by atoms with Gasteiger partial charge in [0, 0.05) is 24.7 Å². The molecule has 0 saturated carbocycles. The number of carbonyl (C=O) groups is 1. The molecule has 1 aromatic carbocycles. The summed E-state index contributed by atoms with van der Waals surface area (Å²) in [7, 11) is 1.94. The zero-order chi connectivity index (χ0) is 12.3. The third-order valence-corrected chi connectivity index (χ3v) is 3.34. The molecule has 1 heterocycles. The van der Waals surface area contributed by atoms with Crippen LogP contribution in [-0.4, -0.2) is 13.3 Å². The van der Waals surface area contributed by atoms with Gasteiger partial charge in [-0.05, 0) is 23.8 Å². The van der Waals surface area contributed by atoms with Gasteiger partial charge in [0.1, 0.15) is 5.82 Å². The van der Waals surface area contributed by atoms with E-state index >= 15 is 0 Å². The van der Waals surface area contributed by atoms with Crippen LogP contribution in [0.25, 0.3) is 0 Å². The minimum absolute atomic E-state index is 0.227. The van der Waals surface area contributed by atoms with Crippen LogP contribution in [0.3, 0.4) is 0 Å². The molecule has 2 aromatic rings. The van der Waals surface area contributed by atoms with E-state index in [0.717, 1.165) is 17.5 Å². The van der Waals surface area contributed by atoms with Crippen molar-refractivity contribution in [1.29, 1.82) is 0 Å². The standard InChI is InChI=1S/C13H12FNOS/c1-15(12-6-13(8-16)17-9-12)7-10-2-4-11(14)5-3-10/h2-6,8-9H,7H2,1H3. The third-order valence-electron chi connectivity index (χ3n) is 2.50. The van der Waals surface area contributed by atoms with Gasteiger partial charge in [-0.25, -0.2) is 4.39 Å². The van der Waals surface area contributed by atoms with Gasteiger partial charge in [-0.15, -0.1) is 11.3 Å². The minimum atomic E-state index is -0.227. The molecule has 0 radical (unpaired) electrons. The van der Waals surface area contributed by atoms with Crippen LogP contribution in [0.15, 0.2) is 35.7 Å². The Kier molecular flexibility index (Phi) is 3.54. The molecule has 0 bridgehead atoms. The van der Waals surface area contributed by atoms with Gasteiger partial charge >= 0.3 is 0 Å². The first-order valence-electron chi connectivity index (χ1n) is 5.18. The maximum Gasteiger partial charge on any atom is 0.160 e. The molecule has 0 amide bonds. The van der Waals surface area contributed by atoms with E-state index in [1.807, 2.05) is 23.4 Å². The summed E-state index contributed by atoms with van der Waals surface area (Å²) in [5.41, 5.74) is 2.04. The largest absolute Gasteiger partial charge is 0.370 e. The summed E-state index contributed by atoms with van der Waals surface area (Å²) in [5, 5.41) is 1.94. The molecule has 1 aromatic heterocycles. The van der Waals surface area contributed by atoms with E-state index in [1.54, 1.807) is 12.1 Å². The minimum Gasteiger partial charge on any atom is -0.370 e. The monoisotopic (exact) mass is 249 g/mol. The molecule has 4 heteroatoms. The quantitative estimate of drug-likeness (QED) is 0.775. The average Bonchev–Trinajstić information content (AvgIpc) is 2.81. The summed E-state index contributed by atoms with van der Waals surface area (Å²) >= 11 is 1.42. The first-order valence-corrected chi connectivity index (χ1v) is 6.06. The number of carbonyl (C=O) groups excluding carboxylic acids is 1. The lowest BCUT2D eigenvalue weighted by atomic mass is 10.2. The van der Waals surface area contributed by atoms with Crippen LogP contribution in [0.4, 0.5) is 10.1 Å². The van der Waals surface area contributed by atoms with Crippen molar-refractivity contribution in [1.82, 2.24) is 0 Å². The van der Waals surface area contributed by atoms with Crippen molar-refractivity contribution in [3.63, 3.8) is 0 Å². The summed E-state index contributed by atoms with van der Waals surface area (Å²) < 4.78 is 12.7. The number of anilines is 1. The lowest BCUT2D eigenvalue weighted by Crippen LogP contribution is -2.15. The van der Waals surface area contributed by atoms with Crippen molar-refractivity contribution in [2.75, 3.05) is 11.9 Å². The second-order valence-electron chi connectivity index (χ2n) is 3.81. The van der Waals surface area contributed by atoms with Crippen LogP contribution in [0, 0.1) is 5.82 Å². The van der Waals surface area contributed by atoms with Crippen LogP contribution in [-0.2, 0) is 6.54 Å². The lowest BCUT2D eigenvalue weighted by Gasteiger charge is -2.17. The maximum atomic E-state index is 12.7. The maximum absolute atomic E-state index is 12.7. The van der Waals surface area contributed by atoms with Crippen molar-refractivity contribution < 1.29 is 9.18 Å². The summed E-state index contributed by atoms with van der Waals surface area (Å²) in [6.07, 6.45) is 0.847. The molecule has 0 unspecified atom stereocenters. The lowest BCUT2D eigenvalue weighted by molar-refractivity contribution is 0.112. The number of aldehydes is 1. The molecule has 0 spiro atoms. The van der Waals surface area contributed by atoms with Crippen molar-refractivity contribution >= 4 is 23.3 Å². The highest BCUT2D eigenvalue weighted by Gasteiger charge is 2.05. The summed E-state index contributed by atoms with van der Waals surface area (Å²) in [6.45, 7) is 0.690. The van der Waals surface area contributed by atoms with Crippen molar-refractivity contribution in [3.8, 4) is 0 Å². The van der Waals surface area contributed by atoms with Gasteiger partial charge in [0.15, 0.2) is 6.29 Å². The average molecular weight is 249 g/mol. The number of hydrogen-bond donors (Lipinski definition) is 0. The Bertz CT molecular complexity index is 506. The molecule has 0 saturated heterocycles. The zero-order valence-electron chi connectivity index (χ0n) is 9.39. The van der Waals surface area contributed by atoms with E-state index in [2.05, 4.69) is 0 Å². The fraction of sp³-hybridized carbons (Fsp3) is 0.154. The van der Waals surface area contributed by atoms with Crippen molar-refractivity contribution in [2.45, 2.75) is 6.54 Å². The predicted octanol–water partition coefficient (Wildman–Crippen LogP) is 3.34. The number of thiophene rings is 1. The van der Waals surface area contributed by atoms with Crippen molar-refractivity contribution in [2.24, 2.45) is 0 Å². The Morgan fingerprint density at radius 2 is 2.06 bits per heavy atom. The SMILES string of the molecule is CN(Cc1ccc(F)cc1)c1csc(C=O)c1. The smallest absolute Gasteiger partial charge is 0.160 e. The molecule has 0 aliphatic rings. The zero-order valence-corrected chi connectivity index (χ0v) is 10.2. The summed E-state index contributed by atoms with van der Waals surface area (Å²) in [6, 6.07) is 8.28. The van der Waals surface area contributed by atoms with E-state index in [0.29, 0.717) is 11.4 Å². The fourth-order valence-corrected chi connectivity index (χ4v) is 2.31. The van der Waals surface area contributed by atoms with Crippen molar-refractivity contribution in [3.05, 3.63) is 52.0 Å². The van der Waals surface area contributed by atoms with Gasteiger partial charge in [-0.1, -0.05) is 12.1 Å². The topological polar surface area (TPSA) is 20.3 Å². The second kappa shape index (κ2) is 5.10. The number of rotatable bonds is 4.